The molecule has 3 heterocycles. The van der Waals surface area contributed by atoms with Gasteiger partial charge in [-0.25, -0.2) is 4.98 Å². The summed E-state index contributed by atoms with van der Waals surface area (Å²) < 4.78 is 5.45. The second-order valence-electron chi connectivity index (χ2n) is 7.34. The van der Waals surface area contributed by atoms with Gasteiger partial charge in [-0.2, -0.15) is 0 Å². The number of pyridine rings is 1. The Balaban J connectivity index is 1.78. The summed E-state index contributed by atoms with van der Waals surface area (Å²) in [5.41, 5.74) is 2.64. The van der Waals surface area contributed by atoms with Crippen molar-refractivity contribution in [2.45, 2.75) is 46.1 Å². The van der Waals surface area contributed by atoms with Gasteiger partial charge in [0.15, 0.2) is 0 Å². The number of morpholine rings is 1. The maximum atomic E-state index is 5.45. The number of aryl methyl sites for hydroxylation is 1. The van der Waals surface area contributed by atoms with Crippen molar-refractivity contribution in [1.29, 1.82) is 0 Å². The van der Waals surface area contributed by atoms with E-state index in [0.717, 1.165) is 38.0 Å². The Morgan fingerprint density at radius 2 is 1.96 bits per heavy atom. The highest BCUT2D eigenvalue weighted by Gasteiger charge is 2.26. The molecule has 0 N–H and O–H groups in total. The van der Waals surface area contributed by atoms with Crippen LogP contribution in [0.5, 0.6) is 0 Å². The van der Waals surface area contributed by atoms with Gasteiger partial charge in [0.2, 0.25) is 0 Å². The minimum absolute atomic E-state index is 0.553. The normalized spacial score (nSPS) is 23.5. The van der Waals surface area contributed by atoms with Crippen LogP contribution in [0.15, 0.2) is 12.1 Å². The molecule has 2 aliphatic rings. The fourth-order valence-corrected chi connectivity index (χ4v) is 3.91. The molecule has 0 unspecified atom stereocenters. The number of ether oxygens (including phenoxy) is 1. The van der Waals surface area contributed by atoms with Crippen LogP contribution < -0.4 is 4.90 Å². The smallest absolute Gasteiger partial charge is 0.128 e. The minimum Gasteiger partial charge on any atom is -0.378 e. The summed E-state index contributed by atoms with van der Waals surface area (Å²) >= 11 is 0. The number of aromatic nitrogens is 1. The van der Waals surface area contributed by atoms with Gasteiger partial charge < -0.3 is 9.64 Å². The maximum Gasteiger partial charge on any atom is 0.128 e. The predicted octanol–water partition coefficient (Wildman–Crippen LogP) is 3.41. The molecule has 23 heavy (non-hydrogen) atoms. The molecule has 4 heteroatoms. The molecular formula is C19H31N3O. The number of hydrogen-bond donors (Lipinski definition) is 0. The molecule has 2 fully saturated rings. The fourth-order valence-electron chi connectivity index (χ4n) is 3.91. The average Bonchev–Trinajstić information content (AvgIpc) is 2.56. The zero-order valence-electron chi connectivity index (χ0n) is 14.9. The van der Waals surface area contributed by atoms with Crippen LogP contribution in [0.3, 0.4) is 0 Å². The van der Waals surface area contributed by atoms with Crippen LogP contribution in [0.1, 0.15) is 50.4 Å². The first-order valence-corrected chi connectivity index (χ1v) is 9.19. The zero-order valence-corrected chi connectivity index (χ0v) is 14.9. The molecule has 3 rings (SSSR count). The Bertz CT molecular complexity index is 511. The highest BCUT2D eigenvalue weighted by atomic mass is 16.5. The Hall–Kier alpha value is -1.13. The van der Waals surface area contributed by atoms with Crippen molar-refractivity contribution in [3.05, 3.63) is 23.4 Å². The Kier molecular flexibility index (Phi) is 5.54. The third-order valence-electron chi connectivity index (χ3n) is 5.02. The van der Waals surface area contributed by atoms with Gasteiger partial charge in [-0.3, -0.25) is 4.90 Å². The number of piperidine rings is 1. The van der Waals surface area contributed by atoms with Crippen LogP contribution >= 0.6 is 0 Å². The second kappa shape index (κ2) is 7.63. The topological polar surface area (TPSA) is 28.6 Å². The standard InChI is InChI=1S/C19H31N3O/c1-15(2)14-22-9-5-4-6-18(22)17-7-8-19(20-16(17)3)21-10-12-23-13-11-21/h7-8,15,18H,4-6,9-14H2,1-3H3/t18-/m1/s1. The highest BCUT2D eigenvalue weighted by Crippen LogP contribution is 2.33. The number of rotatable bonds is 4. The molecule has 0 bridgehead atoms. The minimum atomic E-state index is 0.553. The van der Waals surface area contributed by atoms with Crippen molar-refractivity contribution in [1.82, 2.24) is 9.88 Å². The van der Waals surface area contributed by atoms with Gasteiger partial charge in [0.05, 0.1) is 13.2 Å². The maximum absolute atomic E-state index is 5.45. The van der Waals surface area contributed by atoms with E-state index >= 15 is 0 Å². The van der Waals surface area contributed by atoms with Gasteiger partial charge >= 0.3 is 0 Å². The fraction of sp³-hybridized carbons (Fsp3) is 0.737. The first kappa shape index (κ1) is 16.7. The third-order valence-corrected chi connectivity index (χ3v) is 5.02. The first-order chi connectivity index (χ1) is 11.1. The molecule has 0 aliphatic carbocycles. The molecule has 2 aliphatic heterocycles. The van der Waals surface area contributed by atoms with Crippen LogP contribution in [0.25, 0.3) is 0 Å². The van der Waals surface area contributed by atoms with E-state index in [0.29, 0.717) is 6.04 Å². The van der Waals surface area contributed by atoms with E-state index in [-0.39, 0.29) is 0 Å². The molecule has 0 radical (unpaired) electrons. The lowest BCUT2D eigenvalue weighted by molar-refractivity contribution is 0.122. The zero-order chi connectivity index (χ0) is 16.2. The van der Waals surface area contributed by atoms with Crippen molar-refractivity contribution in [2.24, 2.45) is 5.92 Å². The van der Waals surface area contributed by atoms with Crippen LogP contribution in [0, 0.1) is 12.8 Å². The average molecular weight is 317 g/mol. The number of hydrogen-bond acceptors (Lipinski definition) is 4. The molecule has 128 valence electrons. The van der Waals surface area contributed by atoms with Gasteiger partial charge in [0.25, 0.3) is 0 Å². The molecule has 0 spiro atoms. The molecule has 1 aromatic rings. The van der Waals surface area contributed by atoms with E-state index in [1.807, 2.05) is 0 Å². The van der Waals surface area contributed by atoms with Crippen molar-refractivity contribution in [3.8, 4) is 0 Å². The lowest BCUT2D eigenvalue weighted by Gasteiger charge is -2.38. The van der Waals surface area contributed by atoms with E-state index in [2.05, 4.69) is 42.7 Å². The largest absolute Gasteiger partial charge is 0.378 e. The van der Waals surface area contributed by atoms with Crippen LogP contribution in [0.2, 0.25) is 0 Å². The quantitative estimate of drug-likeness (QED) is 0.851. The molecule has 4 nitrogen and oxygen atoms in total. The van der Waals surface area contributed by atoms with Gasteiger partial charge in [-0.1, -0.05) is 26.3 Å². The molecule has 0 saturated carbocycles. The SMILES string of the molecule is Cc1nc(N2CCOCC2)ccc1[C@H]1CCCCN1CC(C)C. The summed E-state index contributed by atoms with van der Waals surface area (Å²) in [4.78, 5) is 9.94. The molecule has 0 amide bonds. The van der Waals surface area contributed by atoms with Gasteiger partial charge in [-0.05, 0) is 43.9 Å². The predicted molar refractivity (Wildman–Crippen MR) is 95.0 cm³/mol. The van der Waals surface area contributed by atoms with E-state index in [4.69, 9.17) is 9.72 Å². The highest BCUT2D eigenvalue weighted by molar-refractivity contribution is 5.43. The summed E-state index contributed by atoms with van der Waals surface area (Å²) in [6, 6.07) is 5.10. The first-order valence-electron chi connectivity index (χ1n) is 9.19. The second-order valence-corrected chi connectivity index (χ2v) is 7.34. The summed E-state index contributed by atoms with van der Waals surface area (Å²) in [6.07, 6.45) is 3.94. The number of likely N-dealkylation sites (tertiary alicyclic amines) is 1. The van der Waals surface area contributed by atoms with Crippen LogP contribution in [-0.2, 0) is 4.74 Å². The van der Waals surface area contributed by atoms with Crippen molar-refractivity contribution >= 4 is 5.82 Å². The van der Waals surface area contributed by atoms with E-state index in [1.165, 1.54) is 43.6 Å². The van der Waals surface area contributed by atoms with E-state index in [9.17, 15) is 0 Å². The van der Waals surface area contributed by atoms with Crippen LogP contribution in [-0.4, -0.2) is 49.3 Å². The number of anilines is 1. The Morgan fingerprint density at radius 3 is 2.65 bits per heavy atom. The number of nitrogens with zero attached hydrogens (tertiary/aromatic N) is 3. The van der Waals surface area contributed by atoms with Crippen LogP contribution in [0.4, 0.5) is 5.82 Å². The molecular weight excluding hydrogens is 286 g/mol. The lowest BCUT2D eigenvalue weighted by Crippen LogP contribution is -2.38. The third kappa shape index (κ3) is 4.04. The monoisotopic (exact) mass is 317 g/mol. The summed E-state index contributed by atoms with van der Waals surface area (Å²) in [5.74, 6) is 1.83. The van der Waals surface area contributed by atoms with Crippen molar-refractivity contribution < 1.29 is 4.74 Å². The van der Waals surface area contributed by atoms with E-state index in [1.54, 1.807) is 0 Å². The van der Waals surface area contributed by atoms with Gasteiger partial charge in [0, 0.05) is 31.4 Å². The molecule has 2 saturated heterocycles. The molecule has 1 atom stereocenters. The van der Waals surface area contributed by atoms with E-state index < -0.39 is 0 Å². The summed E-state index contributed by atoms with van der Waals surface area (Å²) in [5, 5.41) is 0. The molecule has 1 aromatic heterocycles. The molecule has 0 aromatic carbocycles. The van der Waals surface area contributed by atoms with Crippen molar-refractivity contribution in [3.63, 3.8) is 0 Å². The lowest BCUT2D eigenvalue weighted by atomic mass is 9.93. The van der Waals surface area contributed by atoms with Crippen molar-refractivity contribution in [2.75, 3.05) is 44.3 Å². The Labute approximate surface area is 140 Å². The van der Waals surface area contributed by atoms with Gasteiger partial charge in [0.1, 0.15) is 5.82 Å². The Morgan fingerprint density at radius 1 is 1.17 bits per heavy atom. The van der Waals surface area contributed by atoms with Gasteiger partial charge in [-0.15, -0.1) is 0 Å². The summed E-state index contributed by atoms with van der Waals surface area (Å²) in [6.45, 7) is 12.8. The summed E-state index contributed by atoms with van der Waals surface area (Å²) in [7, 11) is 0.